The van der Waals surface area contributed by atoms with Crippen LogP contribution in [0.3, 0.4) is 0 Å². The standard InChI is InChI=1S/C16H13N5OS2/c1-10(14-20-19-13-6-2-3-7-21(13)14)17-15(22)11-9-24-16(18-11)12-5-4-8-23-12/h2-10H,1H3,(H,17,22)/t10-/m0/s1. The molecular formula is C16H13N5OS2. The first kappa shape index (κ1) is 15.0. The van der Waals surface area contributed by atoms with Gasteiger partial charge in [-0.1, -0.05) is 12.1 Å². The van der Waals surface area contributed by atoms with Gasteiger partial charge in [0.15, 0.2) is 11.5 Å². The summed E-state index contributed by atoms with van der Waals surface area (Å²) < 4.78 is 1.86. The molecule has 0 aliphatic rings. The molecular weight excluding hydrogens is 342 g/mol. The molecule has 0 radical (unpaired) electrons. The molecule has 1 atom stereocenters. The summed E-state index contributed by atoms with van der Waals surface area (Å²) in [6.07, 6.45) is 1.88. The minimum Gasteiger partial charge on any atom is -0.341 e. The van der Waals surface area contributed by atoms with E-state index in [0.29, 0.717) is 11.5 Å². The number of thiazole rings is 1. The van der Waals surface area contributed by atoms with Gasteiger partial charge in [0.1, 0.15) is 10.7 Å². The van der Waals surface area contributed by atoms with Gasteiger partial charge in [-0.05, 0) is 30.5 Å². The highest BCUT2D eigenvalue weighted by atomic mass is 32.1. The molecule has 0 saturated carbocycles. The molecule has 6 nitrogen and oxygen atoms in total. The van der Waals surface area contributed by atoms with E-state index >= 15 is 0 Å². The Morgan fingerprint density at radius 2 is 2.12 bits per heavy atom. The maximum atomic E-state index is 12.4. The molecule has 0 fully saturated rings. The fourth-order valence-corrected chi connectivity index (χ4v) is 4.00. The molecule has 0 aliphatic carbocycles. The van der Waals surface area contributed by atoms with Crippen LogP contribution in [0.15, 0.2) is 47.3 Å². The Labute approximate surface area is 145 Å². The Kier molecular flexibility index (Phi) is 3.83. The van der Waals surface area contributed by atoms with Gasteiger partial charge < -0.3 is 5.32 Å². The second kappa shape index (κ2) is 6.14. The van der Waals surface area contributed by atoms with Crippen LogP contribution < -0.4 is 5.32 Å². The lowest BCUT2D eigenvalue weighted by atomic mass is 10.3. The van der Waals surface area contributed by atoms with Crippen molar-refractivity contribution in [3.63, 3.8) is 0 Å². The Balaban J connectivity index is 1.53. The van der Waals surface area contributed by atoms with E-state index in [9.17, 15) is 4.79 Å². The van der Waals surface area contributed by atoms with Crippen LogP contribution in [0.5, 0.6) is 0 Å². The van der Waals surface area contributed by atoms with Crippen LogP contribution in [0.4, 0.5) is 0 Å². The Bertz CT molecular complexity index is 989. The van der Waals surface area contributed by atoms with Crippen LogP contribution in [-0.4, -0.2) is 25.5 Å². The highest BCUT2D eigenvalue weighted by Gasteiger charge is 2.18. The predicted molar refractivity (Wildman–Crippen MR) is 94.3 cm³/mol. The summed E-state index contributed by atoms with van der Waals surface area (Å²) in [5, 5.41) is 15.8. The van der Waals surface area contributed by atoms with E-state index in [2.05, 4.69) is 20.5 Å². The molecule has 0 saturated heterocycles. The topological polar surface area (TPSA) is 72.2 Å². The summed E-state index contributed by atoms with van der Waals surface area (Å²) in [7, 11) is 0. The Morgan fingerprint density at radius 3 is 2.96 bits per heavy atom. The van der Waals surface area contributed by atoms with Gasteiger partial charge >= 0.3 is 0 Å². The lowest BCUT2D eigenvalue weighted by Crippen LogP contribution is -2.28. The highest BCUT2D eigenvalue weighted by molar-refractivity contribution is 7.20. The van der Waals surface area contributed by atoms with Crippen molar-refractivity contribution in [1.82, 2.24) is 24.9 Å². The lowest BCUT2D eigenvalue weighted by molar-refractivity contribution is 0.0934. The van der Waals surface area contributed by atoms with Gasteiger partial charge in [-0.25, -0.2) is 4.98 Å². The van der Waals surface area contributed by atoms with Gasteiger partial charge in [0.25, 0.3) is 5.91 Å². The van der Waals surface area contributed by atoms with Crippen LogP contribution in [-0.2, 0) is 0 Å². The van der Waals surface area contributed by atoms with E-state index in [1.165, 1.54) is 11.3 Å². The number of nitrogens with zero attached hydrogens (tertiary/aromatic N) is 4. The fraction of sp³-hybridized carbons (Fsp3) is 0.125. The summed E-state index contributed by atoms with van der Waals surface area (Å²) in [5.41, 5.74) is 1.17. The SMILES string of the molecule is C[C@H](NC(=O)c1csc(-c2cccs2)n1)c1nnc2ccccn12. The smallest absolute Gasteiger partial charge is 0.271 e. The minimum atomic E-state index is -0.276. The zero-order chi connectivity index (χ0) is 16.5. The molecule has 1 amide bonds. The molecule has 0 aliphatic heterocycles. The van der Waals surface area contributed by atoms with E-state index < -0.39 is 0 Å². The molecule has 4 rings (SSSR count). The van der Waals surface area contributed by atoms with Crippen molar-refractivity contribution in [2.75, 3.05) is 0 Å². The number of carbonyl (C=O) groups is 1. The lowest BCUT2D eigenvalue weighted by Gasteiger charge is -2.11. The third-order valence-corrected chi connectivity index (χ3v) is 5.43. The summed E-state index contributed by atoms with van der Waals surface area (Å²) in [6.45, 7) is 1.88. The number of hydrogen-bond donors (Lipinski definition) is 1. The van der Waals surface area contributed by atoms with Crippen LogP contribution in [0, 0.1) is 0 Å². The molecule has 0 spiro atoms. The van der Waals surface area contributed by atoms with Crippen molar-refractivity contribution in [1.29, 1.82) is 0 Å². The first-order valence-corrected chi connectivity index (χ1v) is 9.08. The molecule has 120 valence electrons. The molecule has 1 N–H and O–H groups in total. The third-order valence-electron chi connectivity index (χ3n) is 3.54. The highest BCUT2D eigenvalue weighted by Crippen LogP contribution is 2.27. The first-order valence-electron chi connectivity index (χ1n) is 7.32. The molecule has 24 heavy (non-hydrogen) atoms. The quantitative estimate of drug-likeness (QED) is 0.609. The van der Waals surface area contributed by atoms with Crippen molar-refractivity contribution in [3.8, 4) is 9.88 Å². The fourth-order valence-electron chi connectivity index (χ4n) is 2.38. The molecule has 0 unspecified atom stereocenters. The van der Waals surface area contributed by atoms with Crippen molar-refractivity contribution in [3.05, 3.63) is 58.8 Å². The Morgan fingerprint density at radius 1 is 1.21 bits per heavy atom. The second-order valence-corrected chi connectivity index (χ2v) is 7.00. The number of fused-ring (bicyclic) bond motifs is 1. The van der Waals surface area contributed by atoms with Gasteiger partial charge in [-0.15, -0.1) is 32.9 Å². The zero-order valence-electron chi connectivity index (χ0n) is 12.7. The summed E-state index contributed by atoms with van der Waals surface area (Å²) >= 11 is 3.08. The normalized spacial score (nSPS) is 12.4. The van der Waals surface area contributed by atoms with E-state index in [0.717, 1.165) is 15.5 Å². The summed E-state index contributed by atoms with van der Waals surface area (Å²) in [6, 6.07) is 9.37. The van der Waals surface area contributed by atoms with Gasteiger partial charge in [-0.3, -0.25) is 9.20 Å². The number of aromatic nitrogens is 4. The maximum absolute atomic E-state index is 12.4. The molecule has 0 aromatic carbocycles. The van der Waals surface area contributed by atoms with E-state index in [1.54, 1.807) is 16.7 Å². The van der Waals surface area contributed by atoms with Crippen molar-refractivity contribution in [2.45, 2.75) is 13.0 Å². The average Bonchev–Trinajstić information content (AvgIpc) is 3.33. The molecule has 8 heteroatoms. The molecule has 4 heterocycles. The summed E-state index contributed by atoms with van der Waals surface area (Å²) in [4.78, 5) is 17.9. The number of thiophene rings is 1. The molecule has 4 aromatic heterocycles. The minimum absolute atomic E-state index is 0.214. The Hall–Kier alpha value is -2.58. The van der Waals surface area contributed by atoms with Gasteiger partial charge in [0, 0.05) is 11.6 Å². The van der Waals surface area contributed by atoms with Crippen LogP contribution in [0.1, 0.15) is 29.3 Å². The van der Waals surface area contributed by atoms with E-state index in [4.69, 9.17) is 0 Å². The number of rotatable bonds is 4. The van der Waals surface area contributed by atoms with Crippen LogP contribution in [0.25, 0.3) is 15.5 Å². The van der Waals surface area contributed by atoms with Crippen LogP contribution >= 0.6 is 22.7 Å². The number of carbonyl (C=O) groups excluding carboxylic acids is 1. The first-order chi connectivity index (χ1) is 11.7. The van der Waals surface area contributed by atoms with Crippen molar-refractivity contribution >= 4 is 34.2 Å². The maximum Gasteiger partial charge on any atom is 0.271 e. The largest absolute Gasteiger partial charge is 0.341 e. The molecule has 4 aromatic rings. The number of amides is 1. The number of hydrogen-bond acceptors (Lipinski definition) is 6. The third kappa shape index (κ3) is 2.70. The summed E-state index contributed by atoms with van der Waals surface area (Å²) in [5.74, 6) is 0.474. The average molecular weight is 355 g/mol. The van der Waals surface area contributed by atoms with Gasteiger partial charge in [0.05, 0.1) is 10.9 Å². The molecule has 0 bridgehead atoms. The number of pyridine rings is 1. The second-order valence-electron chi connectivity index (χ2n) is 5.20. The van der Waals surface area contributed by atoms with Gasteiger partial charge in [-0.2, -0.15) is 0 Å². The monoisotopic (exact) mass is 355 g/mol. The van der Waals surface area contributed by atoms with E-state index in [-0.39, 0.29) is 11.9 Å². The van der Waals surface area contributed by atoms with Crippen molar-refractivity contribution < 1.29 is 4.79 Å². The number of nitrogens with one attached hydrogen (secondary N) is 1. The zero-order valence-corrected chi connectivity index (χ0v) is 14.3. The van der Waals surface area contributed by atoms with E-state index in [1.807, 2.05) is 53.2 Å². The predicted octanol–water partition coefficient (Wildman–Crippen LogP) is 3.41. The van der Waals surface area contributed by atoms with Crippen LogP contribution in [0.2, 0.25) is 0 Å². The van der Waals surface area contributed by atoms with Gasteiger partial charge in [0.2, 0.25) is 0 Å². The van der Waals surface area contributed by atoms with Crippen molar-refractivity contribution in [2.24, 2.45) is 0 Å².